The number of hydrogen-bond acceptors (Lipinski definition) is 7. The fourth-order valence-corrected chi connectivity index (χ4v) is 4.92. The summed E-state index contributed by atoms with van der Waals surface area (Å²) in [6.45, 7) is 4.44. The fraction of sp³-hybridized carbons (Fsp3) is 0.304. The summed E-state index contributed by atoms with van der Waals surface area (Å²) in [4.78, 5) is 35.7. The Bertz CT molecular complexity index is 1420. The number of nitrogens with one attached hydrogen (secondary N) is 1. The minimum atomic E-state index is -0.324. The van der Waals surface area contributed by atoms with Gasteiger partial charge in [-0.15, -0.1) is 11.3 Å². The van der Waals surface area contributed by atoms with Gasteiger partial charge in [0.25, 0.3) is 5.56 Å². The first-order valence-electron chi connectivity index (χ1n) is 10.2. The predicted octanol–water partition coefficient (Wildman–Crippen LogP) is 3.50. The van der Waals surface area contributed by atoms with Crippen LogP contribution >= 0.6 is 11.3 Å². The molecule has 0 saturated heterocycles. The molecule has 32 heavy (non-hydrogen) atoms. The Morgan fingerprint density at radius 2 is 2.19 bits per heavy atom. The van der Waals surface area contributed by atoms with E-state index >= 15 is 0 Å². The number of carbonyl (C=O) groups excluding carboxylic acids is 1. The van der Waals surface area contributed by atoms with E-state index in [1.54, 1.807) is 31.4 Å². The van der Waals surface area contributed by atoms with Gasteiger partial charge in [-0.25, -0.2) is 9.97 Å². The third-order valence-corrected chi connectivity index (χ3v) is 6.56. The lowest BCUT2D eigenvalue weighted by Crippen LogP contribution is -2.32. The number of fused-ring (bicyclic) bond motifs is 4. The molecule has 0 aliphatic carbocycles. The first-order valence-corrected chi connectivity index (χ1v) is 11.0. The third kappa shape index (κ3) is 3.74. The maximum absolute atomic E-state index is 13.1. The van der Waals surface area contributed by atoms with Crippen LogP contribution in [0.25, 0.3) is 20.4 Å². The highest BCUT2D eigenvalue weighted by molar-refractivity contribution is 7.25. The van der Waals surface area contributed by atoms with Gasteiger partial charge in [-0.3, -0.25) is 14.2 Å². The van der Waals surface area contributed by atoms with E-state index in [0.29, 0.717) is 34.7 Å². The number of benzene rings is 1. The number of hydrogen-bond donors (Lipinski definition) is 1. The number of pyridine rings is 1. The molecule has 1 aromatic carbocycles. The highest BCUT2D eigenvalue weighted by Crippen LogP contribution is 2.34. The van der Waals surface area contributed by atoms with E-state index in [9.17, 15) is 9.59 Å². The monoisotopic (exact) mass is 450 g/mol. The maximum atomic E-state index is 13.1. The molecule has 0 unspecified atom stereocenters. The molecule has 164 valence electrons. The Morgan fingerprint density at radius 1 is 1.34 bits per heavy atom. The van der Waals surface area contributed by atoms with Crippen LogP contribution in [0.4, 0.5) is 5.69 Å². The molecule has 1 aliphatic rings. The quantitative estimate of drug-likeness (QED) is 0.511. The second-order valence-corrected chi connectivity index (χ2v) is 9.41. The molecular formula is C23H22N4O4S. The molecule has 0 atom stereocenters. The molecule has 0 saturated carbocycles. The topological polar surface area (TPSA) is 95.3 Å². The molecule has 0 bridgehead atoms. The van der Waals surface area contributed by atoms with E-state index in [0.717, 1.165) is 21.5 Å². The molecule has 3 aromatic heterocycles. The standard InChI is InChI=1S/C23H22N4O4S/c1-23(2)9-17-13(11-31-23)7-16-19-20(32-21(16)26-17)22(29)27(12-24-19)10-18(28)25-14-5-4-6-15(8-14)30-3/h4-8,12H,9-11H2,1-3H3,(H,25,28). The Hall–Kier alpha value is -3.30. The van der Waals surface area contributed by atoms with E-state index in [1.807, 2.05) is 19.9 Å². The van der Waals surface area contributed by atoms with Crippen LogP contribution in [0.3, 0.4) is 0 Å². The van der Waals surface area contributed by atoms with Crippen molar-refractivity contribution in [2.45, 2.75) is 39.0 Å². The molecule has 0 radical (unpaired) electrons. The van der Waals surface area contributed by atoms with Gasteiger partial charge in [-0.2, -0.15) is 0 Å². The van der Waals surface area contributed by atoms with Crippen molar-refractivity contribution in [3.05, 3.63) is 58.3 Å². The largest absolute Gasteiger partial charge is 0.497 e. The number of carbonyl (C=O) groups is 1. The van der Waals surface area contributed by atoms with Crippen LogP contribution in [0.5, 0.6) is 5.75 Å². The first kappa shape index (κ1) is 20.6. The van der Waals surface area contributed by atoms with Crippen LogP contribution in [0.2, 0.25) is 0 Å². The van der Waals surface area contributed by atoms with Crippen molar-refractivity contribution in [3.63, 3.8) is 0 Å². The number of rotatable bonds is 4. The second kappa shape index (κ2) is 7.68. The molecule has 1 amide bonds. The summed E-state index contributed by atoms with van der Waals surface area (Å²) < 4.78 is 12.9. The van der Waals surface area contributed by atoms with Crippen LogP contribution in [0, 0.1) is 0 Å². The molecule has 4 aromatic rings. The number of methoxy groups -OCH3 is 1. The second-order valence-electron chi connectivity index (χ2n) is 8.41. The Kier molecular flexibility index (Phi) is 4.94. The molecule has 0 fully saturated rings. The zero-order valence-electron chi connectivity index (χ0n) is 18.0. The van der Waals surface area contributed by atoms with Crippen molar-refractivity contribution in [1.82, 2.24) is 14.5 Å². The van der Waals surface area contributed by atoms with Gasteiger partial charge in [0.2, 0.25) is 5.91 Å². The van der Waals surface area contributed by atoms with Gasteiger partial charge < -0.3 is 14.8 Å². The number of thiophene rings is 1. The van der Waals surface area contributed by atoms with Gasteiger partial charge in [0.1, 0.15) is 21.8 Å². The average Bonchev–Trinajstić information content (AvgIpc) is 3.12. The zero-order chi connectivity index (χ0) is 22.5. The summed E-state index contributed by atoms with van der Waals surface area (Å²) >= 11 is 1.32. The van der Waals surface area contributed by atoms with Crippen molar-refractivity contribution < 1.29 is 14.3 Å². The van der Waals surface area contributed by atoms with E-state index in [-0.39, 0.29) is 23.6 Å². The van der Waals surface area contributed by atoms with E-state index < -0.39 is 0 Å². The maximum Gasteiger partial charge on any atom is 0.271 e. The lowest BCUT2D eigenvalue weighted by molar-refractivity contribution is -0.116. The molecule has 4 heterocycles. The van der Waals surface area contributed by atoms with E-state index in [1.165, 1.54) is 22.2 Å². The van der Waals surface area contributed by atoms with Crippen molar-refractivity contribution in [2.24, 2.45) is 0 Å². The fourth-order valence-electron chi connectivity index (χ4n) is 3.85. The Morgan fingerprint density at radius 3 is 3.00 bits per heavy atom. The molecule has 0 spiro atoms. The molecule has 9 heteroatoms. The van der Waals surface area contributed by atoms with Gasteiger partial charge in [0.15, 0.2) is 0 Å². The average molecular weight is 451 g/mol. The number of amides is 1. The summed E-state index contributed by atoms with van der Waals surface area (Å²) in [6, 6.07) is 9.07. The highest BCUT2D eigenvalue weighted by atomic mass is 32.1. The van der Waals surface area contributed by atoms with Crippen LogP contribution in [-0.4, -0.2) is 33.2 Å². The van der Waals surface area contributed by atoms with Crippen LogP contribution in [-0.2, 0) is 29.1 Å². The number of nitrogens with zero attached hydrogens (tertiary/aromatic N) is 3. The molecule has 5 rings (SSSR count). The number of ether oxygens (including phenoxy) is 2. The smallest absolute Gasteiger partial charge is 0.271 e. The van der Waals surface area contributed by atoms with Crippen LogP contribution in [0.1, 0.15) is 25.1 Å². The van der Waals surface area contributed by atoms with Crippen molar-refractivity contribution >= 4 is 43.4 Å². The Labute approximate surface area is 187 Å². The lowest BCUT2D eigenvalue weighted by atomic mass is 9.95. The summed E-state index contributed by atoms with van der Waals surface area (Å²) in [5.74, 6) is 0.313. The van der Waals surface area contributed by atoms with Gasteiger partial charge in [0, 0.05) is 29.1 Å². The normalized spacial score (nSPS) is 15.0. The minimum Gasteiger partial charge on any atom is -0.497 e. The van der Waals surface area contributed by atoms with Gasteiger partial charge >= 0.3 is 0 Å². The Balaban J connectivity index is 1.46. The highest BCUT2D eigenvalue weighted by Gasteiger charge is 2.28. The molecule has 1 aliphatic heterocycles. The SMILES string of the molecule is COc1cccc(NC(=O)Cn2cnc3c(sc4nc5c(cc43)COC(C)(C)C5)c2=O)c1. The number of anilines is 1. The molecule has 1 N–H and O–H groups in total. The van der Waals surface area contributed by atoms with Crippen molar-refractivity contribution in [2.75, 3.05) is 12.4 Å². The summed E-state index contributed by atoms with van der Waals surface area (Å²) in [5, 5.41) is 3.63. The third-order valence-electron chi connectivity index (χ3n) is 5.49. The van der Waals surface area contributed by atoms with E-state index in [4.69, 9.17) is 14.5 Å². The van der Waals surface area contributed by atoms with E-state index in [2.05, 4.69) is 10.3 Å². The van der Waals surface area contributed by atoms with Crippen LogP contribution < -0.4 is 15.6 Å². The van der Waals surface area contributed by atoms with Gasteiger partial charge in [-0.05, 0) is 32.0 Å². The van der Waals surface area contributed by atoms with Crippen molar-refractivity contribution in [3.8, 4) is 5.75 Å². The molecular weight excluding hydrogens is 428 g/mol. The minimum absolute atomic E-state index is 0.140. The summed E-state index contributed by atoms with van der Waals surface area (Å²) in [6.07, 6.45) is 2.13. The molecule has 8 nitrogen and oxygen atoms in total. The number of aromatic nitrogens is 3. The predicted molar refractivity (Wildman–Crippen MR) is 123 cm³/mol. The zero-order valence-corrected chi connectivity index (χ0v) is 18.8. The summed E-state index contributed by atoms with van der Waals surface area (Å²) in [5.41, 5.74) is 2.72. The van der Waals surface area contributed by atoms with Crippen LogP contribution in [0.15, 0.2) is 41.5 Å². The first-order chi connectivity index (χ1) is 15.3. The van der Waals surface area contributed by atoms with Gasteiger partial charge in [0.05, 0.1) is 36.9 Å². The summed E-state index contributed by atoms with van der Waals surface area (Å²) in [7, 11) is 1.56. The van der Waals surface area contributed by atoms with Gasteiger partial charge in [-0.1, -0.05) is 6.07 Å². The lowest BCUT2D eigenvalue weighted by Gasteiger charge is -2.30. The van der Waals surface area contributed by atoms with Crippen molar-refractivity contribution in [1.29, 1.82) is 0 Å².